The van der Waals surface area contributed by atoms with Gasteiger partial charge in [-0.15, -0.1) is 22.0 Å². The molecule has 2 aromatic carbocycles. The third kappa shape index (κ3) is 4.23. The van der Waals surface area contributed by atoms with E-state index in [1.807, 2.05) is 61.5 Å². The maximum absolute atomic E-state index is 11.8. The van der Waals surface area contributed by atoms with Crippen molar-refractivity contribution in [3.05, 3.63) is 66.1 Å². The first-order valence-electron chi connectivity index (χ1n) is 7.44. The summed E-state index contributed by atoms with van der Waals surface area (Å²) in [6.07, 6.45) is 0. The van der Waals surface area contributed by atoms with Crippen molar-refractivity contribution in [3.63, 3.8) is 0 Å². The monoisotopic (exact) mass is 340 g/mol. The van der Waals surface area contributed by atoms with E-state index in [2.05, 4.69) is 10.2 Å². The van der Waals surface area contributed by atoms with Crippen LogP contribution in [0.1, 0.15) is 11.5 Å². The lowest BCUT2D eigenvalue weighted by Crippen LogP contribution is -2.07. The normalized spacial score (nSPS) is 10.5. The Morgan fingerprint density at radius 3 is 2.62 bits per heavy atom. The van der Waals surface area contributed by atoms with Gasteiger partial charge in [-0.3, -0.25) is 4.79 Å². The summed E-state index contributed by atoms with van der Waals surface area (Å²) in [5.41, 5.74) is 1.97. The zero-order valence-corrected chi connectivity index (χ0v) is 14.0. The van der Waals surface area contributed by atoms with Gasteiger partial charge in [0.1, 0.15) is 0 Å². The number of hydrogen-bond donors (Lipinski definition) is 0. The van der Waals surface area contributed by atoms with Gasteiger partial charge in [-0.05, 0) is 30.7 Å². The Morgan fingerprint density at radius 2 is 1.83 bits per heavy atom. The van der Waals surface area contributed by atoms with Crippen LogP contribution in [0, 0.1) is 6.92 Å². The highest BCUT2D eigenvalue weighted by Gasteiger charge is 2.11. The highest BCUT2D eigenvalue weighted by atomic mass is 32.2. The fraction of sp³-hybridized carbons (Fsp3) is 0.167. The van der Waals surface area contributed by atoms with Crippen LogP contribution in [-0.4, -0.2) is 21.9 Å². The first-order chi connectivity index (χ1) is 11.7. The molecule has 0 aliphatic carbocycles. The summed E-state index contributed by atoms with van der Waals surface area (Å²) in [6.45, 7) is 1.99. The number of carbonyl (C=O) groups is 1. The molecular weight excluding hydrogens is 324 g/mol. The molecule has 6 heteroatoms. The molecule has 0 amide bonds. The van der Waals surface area contributed by atoms with Crippen molar-refractivity contribution in [2.45, 2.75) is 18.4 Å². The molecule has 1 heterocycles. The van der Waals surface area contributed by atoms with E-state index in [-0.39, 0.29) is 24.2 Å². The predicted molar refractivity (Wildman–Crippen MR) is 91.4 cm³/mol. The number of rotatable bonds is 6. The molecule has 0 saturated heterocycles. The van der Waals surface area contributed by atoms with Gasteiger partial charge in [-0.1, -0.05) is 36.4 Å². The van der Waals surface area contributed by atoms with Crippen LogP contribution in [0.2, 0.25) is 0 Å². The van der Waals surface area contributed by atoms with Crippen LogP contribution in [-0.2, 0) is 16.1 Å². The first kappa shape index (κ1) is 16.3. The number of ether oxygens (including phenoxy) is 1. The van der Waals surface area contributed by atoms with Crippen LogP contribution in [0.15, 0.2) is 63.9 Å². The minimum absolute atomic E-state index is 0.0208. The summed E-state index contributed by atoms with van der Waals surface area (Å²) in [7, 11) is 0. The molecule has 0 spiro atoms. The number of thioether (sulfide) groups is 1. The summed E-state index contributed by atoms with van der Waals surface area (Å²) in [4.78, 5) is 12.9. The van der Waals surface area contributed by atoms with Crippen LogP contribution < -0.4 is 0 Å². The average molecular weight is 340 g/mol. The number of hydrogen-bond acceptors (Lipinski definition) is 6. The minimum atomic E-state index is -0.317. The van der Waals surface area contributed by atoms with E-state index in [0.717, 1.165) is 16.0 Å². The Morgan fingerprint density at radius 1 is 1.08 bits per heavy atom. The second-order valence-electron chi connectivity index (χ2n) is 5.08. The van der Waals surface area contributed by atoms with Crippen molar-refractivity contribution in [2.24, 2.45) is 0 Å². The molecular formula is C18H16N2O3S. The van der Waals surface area contributed by atoms with Gasteiger partial charge < -0.3 is 9.15 Å². The maximum atomic E-state index is 11.8. The summed E-state index contributed by atoms with van der Waals surface area (Å²) < 4.78 is 10.7. The molecule has 0 aliphatic heterocycles. The smallest absolute Gasteiger partial charge is 0.316 e. The molecule has 0 N–H and O–H groups in total. The number of aromatic nitrogens is 2. The topological polar surface area (TPSA) is 65.2 Å². The molecule has 0 bridgehead atoms. The third-order valence-corrected chi connectivity index (χ3v) is 4.43. The van der Waals surface area contributed by atoms with Gasteiger partial charge in [0.25, 0.3) is 5.89 Å². The number of carbonyl (C=O) groups excluding carboxylic acids is 1. The number of benzene rings is 2. The standard InChI is InChI=1S/C18H16N2O3S/c1-13-7-5-6-10-15(13)24-12-17(21)22-11-16-19-20-18(23-16)14-8-3-2-4-9-14/h2-10H,11-12H2,1H3. The summed E-state index contributed by atoms with van der Waals surface area (Å²) in [6, 6.07) is 17.4. The first-order valence-corrected chi connectivity index (χ1v) is 8.43. The zero-order chi connectivity index (χ0) is 16.8. The predicted octanol–water partition coefficient (Wildman–Crippen LogP) is 3.88. The van der Waals surface area contributed by atoms with Crippen LogP contribution in [0.3, 0.4) is 0 Å². The summed E-state index contributed by atoms with van der Waals surface area (Å²) in [5, 5.41) is 7.85. The highest BCUT2D eigenvalue weighted by Crippen LogP contribution is 2.22. The molecule has 0 aliphatic rings. The number of nitrogens with zero attached hydrogens (tertiary/aromatic N) is 2. The maximum Gasteiger partial charge on any atom is 0.316 e. The van der Waals surface area contributed by atoms with Crippen LogP contribution in [0.4, 0.5) is 0 Å². The second-order valence-corrected chi connectivity index (χ2v) is 6.10. The molecule has 3 aromatic rings. The van der Waals surface area contributed by atoms with Gasteiger partial charge in [0.2, 0.25) is 5.89 Å². The Hall–Kier alpha value is -2.60. The molecule has 0 radical (unpaired) electrons. The Labute approximate surface area is 144 Å². The SMILES string of the molecule is Cc1ccccc1SCC(=O)OCc1nnc(-c2ccccc2)o1. The third-order valence-electron chi connectivity index (χ3n) is 3.28. The lowest BCUT2D eigenvalue weighted by Gasteiger charge is -2.04. The van der Waals surface area contributed by atoms with E-state index in [0.29, 0.717) is 5.89 Å². The van der Waals surface area contributed by atoms with Gasteiger partial charge >= 0.3 is 5.97 Å². The van der Waals surface area contributed by atoms with E-state index in [1.54, 1.807) is 0 Å². The molecule has 3 rings (SSSR count). The summed E-state index contributed by atoms with van der Waals surface area (Å²) >= 11 is 1.45. The fourth-order valence-corrected chi connectivity index (χ4v) is 2.88. The number of aryl methyl sites for hydroxylation is 1. The van der Waals surface area contributed by atoms with Crippen LogP contribution in [0.5, 0.6) is 0 Å². The second kappa shape index (κ2) is 7.79. The quantitative estimate of drug-likeness (QED) is 0.501. The Bertz CT molecular complexity index is 818. The van der Waals surface area contributed by atoms with E-state index in [1.165, 1.54) is 11.8 Å². The molecule has 122 valence electrons. The highest BCUT2D eigenvalue weighted by molar-refractivity contribution is 8.00. The zero-order valence-electron chi connectivity index (χ0n) is 13.1. The summed E-state index contributed by atoms with van der Waals surface area (Å²) in [5.74, 6) is 0.617. The van der Waals surface area contributed by atoms with Gasteiger partial charge in [-0.25, -0.2) is 0 Å². The van der Waals surface area contributed by atoms with Crippen molar-refractivity contribution in [1.82, 2.24) is 10.2 Å². The van der Waals surface area contributed by atoms with E-state index in [9.17, 15) is 4.79 Å². The Kier molecular flexibility index (Phi) is 5.28. The largest absolute Gasteiger partial charge is 0.455 e. The van der Waals surface area contributed by atoms with Gasteiger partial charge in [0.15, 0.2) is 6.61 Å². The molecule has 5 nitrogen and oxygen atoms in total. The van der Waals surface area contributed by atoms with Crippen LogP contribution >= 0.6 is 11.8 Å². The van der Waals surface area contributed by atoms with Crippen molar-refractivity contribution < 1.29 is 13.9 Å². The molecule has 0 atom stereocenters. The lowest BCUT2D eigenvalue weighted by atomic mass is 10.2. The van der Waals surface area contributed by atoms with E-state index < -0.39 is 0 Å². The average Bonchev–Trinajstić information content (AvgIpc) is 3.09. The van der Waals surface area contributed by atoms with Crippen LogP contribution in [0.25, 0.3) is 11.5 Å². The molecule has 0 unspecified atom stereocenters. The van der Waals surface area contributed by atoms with Crippen molar-refractivity contribution >= 4 is 17.7 Å². The van der Waals surface area contributed by atoms with Gasteiger partial charge in [0.05, 0.1) is 5.75 Å². The molecule has 0 fully saturated rings. The molecule has 1 aromatic heterocycles. The van der Waals surface area contributed by atoms with Crippen molar-refractivity contribution in [1.29, 1.82) is 0 Å². The fourth-order valence-electron chi connectivity index (χ4n) is 2.05. The van der Waals surface area contributed by atoms with E-state index >= 15 is 0 Å². The van der Waals surface area contributed by atoms with Gasteiger partial charge in [0, 0.05) is 10.5 Å². The van der Waals surface area contributed by atoms with E-state index in [4.69, 9.17) is 9.15 Å². The number of esters is 1. The minimum Gasteiger partial charge on any atom is -0.455 e. The van der Waals surface area contributed by atoms with Crippen molar-refractivity contribution in [3.8, 4) is 11.5 Å². The molecule has 24 heavy (non-hydrogen) atoms. The molecule has 0 saturated carbocycles. The van der Waals surface area contributed by atoms with Crippen molar-refractivity contribution in [2.75, 3.05) is 5.75 Å². The Balaban J connectivity index is 1.50. The lowest BCUT2D eigenvalue weighted by molar-refractivity contribution is -0.142. The van der Waals surface area contributed by atoms with Gasteiger partial charge in [-0.2, -0.15) is 0 Å².